The van der Waals surface area contributed by atoms with Crippen molar-refractivity contribution in [3.63, 3.8) is 0 Å². The Bertz CT molecular complexity index is 448. The number of amides is 1. The summed E-state index contributed by atoms with van der Waals surface area (Å²) in [6, 6.07) is 1.76. The van der Waals surface area contributed by atoms with E-state index in [1.165, 1.54) is 0 Å². The monoisotopic (exact) mass is 266 g/mol. The number of nitrogens with two attached hydrogens (primary N) is 1. The molecular formula is C12H18N4OS. The summed E-state index contributed by atoms with van der Waals surface area (Å²) in [5.74, 6) is -0.118. The molecule has 1 aromatic heterocycles. The van der Waals surface area contributed by atoms with Crippen LogP contribution in [0.5, 0.6) is 0 Å². The largest absolute Gasteiger partial charge is 0.393 e. The minimum Gasteiger partial charge on any atom is -0.393 e. The van der Waals surface area contributed by atoms with Crippen LogP contribution in [0.1, 0.15) is 41.5 Å². The summed E-state index contributed by atoms with van der Waals surface area (Å²) >= 11 is 4.77. The molecule has 0 saturated carbocycles. The van der Waals surface area contributed by atoms with E-state index in [0.29, 0.717) is 35.6 Å². The highest BCUT2D eigenvalue weighted by Gasteiger charge is 2.12. The fourth-order valence-corrected chi connectivity index (χ4v) is 1.68. The molecule has 6 heteroatoms. The Hall–Kier alpha value is -1.56. The first-order chi connectivity index (χ1) is 8.54. The summed E-state index contributed by atoms with van der Waals surface area (Å²) in [7, 11) is 0. The van der Waals surface area contributed by atoms with Crippen LogP contribution in [0.2, 0.25) is 0 Å². The predicted octanol–water partition coefficient (Wildman–Crippen LogP) is 1.14. The van der Waals surface area contributed by atoms with Crippen molar-refractivity contribution in [2.75, 3.05) is 6.54 Å². The van der Waals surface area contributed by atoms with E-state index in [1.54, 1.807) is 6.07 Å². The zero-order valence-electron chi connectivity index (χ0n) is 10.7. The van der Waals surface area contributed by atoms with Crippen molar-refractivity contribution in [2.45, 2.75) is 33.1 Å². The van der Waals surface area contributed by atoms with E-state index in [4.69, 9.17) is 18.0 Å². The Morgan fingerprint density at radius 2 is 2.22 bits per heavy atom. The van der Waals surface area contributed by atoms with E-state index in [2.05, 4.69) is 15.5 Å². The van der Waals surface area contributed by atoms with Crippen LogP contribution in [-0.4, -0.2) is 27.6 Å². The molecule has 0 aliphatic rings. The van der Waals surface area contributed by atoms with Gasteiger partial charge in [-0.1, -0.05) is 19.1 Å². The molecule has 0 saturated heterocycles. The molecule has 0 aliphatic heterocycles. The summed E-state index contributed by atoms with van der Waals surface area (Å²) in [6.45, 7) is 4.32. The molecule has 18 heavy (non-hydrogen) atoms. The number of thiocarbonyl (C=S) groups is 1. The predicted molar refractivity (Wildman–Crippen MR) is 74.5 cm³/mol. The molecule has 1 rings (SSSR count). The van der Waals surface area contributed by atoms with Crippen molar-refractivity contribution in [3.8, 4) is 0 Å². The van der Waals surface area contributed by atoms with Crippen LogP contribution < -0.4 is 11.1 Å². The second kappa shape index (κ2) is 7.00. The van der Waals surface area contributed by atoms with Gasteiger partial charge in [-0.05, 0) is 32.3 Å². The van der Waals surface area contributed by atoms with Crippen LogP contribution in [0.3, 0.4) is 0 Å². The number of nitrogens with one attached hydrogen (secondary N) is 1. The Labute approximate surface area is 112 Å². The molecule has 1 amide bonds. The number of carbonyl (C=O) groups excluding carboxylic acids is 1. The first-order valence-electron chi connectivity index (χ1n) is 5.94. The SMILES string of the molecule is CCc1nnc(C)cc1C(=O)NCCCC(N)=S. The third-order valence-corrected chi connectivity index (χ3v) is 2.66. The van der Waals surface area contributed by atoms with Gasteiger partial charge in [-0.3, -0.25) is 4.79 Å². The first kappa shape index (κ1) is 14.5. The van der Waals surface area contributed by atoms with Gasteiger partial charge in [-0.15, -0.1) is 0 Å². The molecule has 1 heterocycles. The number of aromatic nitrogens is 2. The van der Waals surface area contributed by atoms with E-state index in [9.17, 15) is 4.79 Å². The number of nitrogens with zero attached hydrogens (tertiary/aromatic N) is 2. The van der Waals surface area contributed by atoms with Crippen molar-refractivity contribution >= 4 is 23.1 Å². The third-order valence-electron chi connectivity index (χ3n) is 2.46. The number of aryl methyl sites for hydroxylation is 2. The van der Waals surface area contributed by atoms with E-state index in [1.807, 2.05) is 13.8 Å². The van der Waals surface area contributed by atoms with E-state index in [0.717, 1.165) is 12.1 Å². The van der Waals surface area contributed by atoms with Gasteiger partial charge in [0.2, 0.25) is 0 Å². The second-order valence-corrected chi connectivity index (χ2v) is 4.55. The van der Waals surface area contributed by atoms with Crippen molar-refractivity contribution in [1.82, 2.24) is 15.5 Å². The standard InChI is InChI=1S/C12H18N4OS/c1-3-10-9(7-8(2)15-16-10)12(17)14-6-4-5-11(13)18/h7H,3-6H2,1-2H3,(H2,13,18)(H,14,17). The smallest absolute Gasteiger partial charge is 0.253 e. The van der Waals surface area contributed by atoms with Gasteiger partial charge in [0.1, 0.15) is 0 Å². The zero-order valence-corrected chi connectivity index (χ0v) is 11.5. The summed E-state index contributed by atoms with van der Waals surface area (Å²) in [5.41, 5.74) is 7.44. The van der Waals surface area contributed by atoms with Gasteiger partial charge in [0, 0.05) is 6.54 Å². The fraction of sp³-hybridized carbons (Fsp3) is 0.500. The first-order valence-corrected chi connectivity index (χ1v) is 6.35. The van der Waals surface area contributed by atoms with Gasteiger partial charge < -0.3 is 11.1 Å². The van der Waals surface area contributed by atoms with E-state index >= 15 is 0 Å². The third kappa shape index (κ3) is 4.37. The molecular weight excluding hydrogens is 248 g/mol. The Morgan fingerprint density at radius 1 is 1.50 bits per heavy atom. The summed E-state index contributed by atoms with van der Waals surface area (Å²) < 4.78 is 0. The van der Waals surface area contributed by atoms with Gasteiger partial charge in [0.25, 0.3) is 5.91 Å². The highest BCUT2D eigenvalue weighted by Crippen LogP contribution is 2.07. The molecule has 3 N–H and O–H groups in total. The summed E-state index contributed by atoms with van der Waals surface area (Å²) in [6.07, 6.45) is 2.08. The molecule has 0 fully saturated rings. The lowest BCUT2D eigenvalue weighted by molar-refractivity contribution is 0.0951. The van der Waals surface area contributed by atoms with Crippen molar-refractivity contribution in [3.05, 3.63) is 23.0 Å². The normalized spacial score (nSPS) is 10.1. The lowest BCUT2D eigenvalue weighted by Gasteiger charge is -2.08. The highest BCUT2D eigenvalue weighted by molar-refractivity contribution is 7.80. The molecule has 0 spiro atoms. The maximum Gasteiger partial charge on any atom is 0.253 e. The van der Waals surface area contributed by atoms with Gasteiger partial charge >= 0.3 is 0 Å². The highest BCUT2D eigenvalue weighted by atomic mass is 32.1. The number of hydrogen-bond donors (Lipinski definition) is 2. The summed E-state index contributed by atoms with van der Waals surface area (Å²) in [5, 5.41) is 10.8. The number of rotatable bonds is 6. The van der Waals surface area contributed by atoms with E-state index < -0.39 is 0 Å². The maximum atomic E-state index is 12.0. The number of carbonyl (C=O) groups is 1. The molecule has 98 valence electrons. The topological polar surface area (TPSA) is 80.9 Å². The lowest BCUT2D eigenvalue weighted by Crippen LogP contribution is -2.27. The second-order valence-electron chi connectivity index (χ2n) is 4.03. The fourth-order valence-electron chi connectivity index (χ4n) is 1.53. The van der Waals surface area contributed by atoms with Gasteiger partial charge in [0.15, 0.2) is 0 Å². The zero-order chi connectivity index (χ0) is 13.5. The van der Waals surface area contributed by atoms with Crippen LogP contribution in [0.25, 0.3) is 0 Å². The van der Waals surface area contributed by atoms with Gasteiger partial charge in [0.05, 0.1) is 21.9 Å². The van der Waals surface area contributed by atoms with Crippen molar-refractivity contribution in [2.24, 2.45) is 5.73 Å². The summed E-state index contributed by atoms with van der Waals surface area (Å²) in [4.78, 5) is 12.5. The van der Waals surface area contributed by atoms with Crippen molar-refractivity contribution in [1.29, 1.82) is 0 Å². The van der Waals surface area contributed by atoms with Crippen LogP contribution in [-0.2, 0) is 6.42 Å². The maximum absolute atomic E-state index is 12.0. The Balaban J connectivity index is 2.60. The average molecular weight is 266 g/mol. The van der Waals surface area contributed by atoms with Crippen LogP contribution in [0.15, 0.2) is 6.07 Å². The molecule has 0 bridgehead atoms. The minimum absolute atomic E-state index is 0.118. The molecule has 0 radical (unpaired) electrons. The van der Waals surface area contributed by atoms with E-state index in [-0.39, 0.29) is 5.91 Å². The van der Waals surface area contributed by atoms with Crippen LogP contribution in [0, 0.1) is 6.92 Å². The van der Waals surface area contributed by atoms with Crippen LogP contribution >= 0.6 is 12.2 Å². The molecule has 0 atom stereocenters. The quantitative estimate of drug-likeness (QED) is 0.596. The van der Waals surface area contributed by atoms with Crippen molar-refractivity contribution < 1.29 is 4.79 Å². The molecule has 0 unspecified atom stereocenters. The molecule has 0 aliphatic carbocycles. The average Bonchev–Trinajstić information content (AvgIpc) is 2.34. The molecule has 0 aromatic carbocycles. The van der Waals surface area contributed by atoms with Crippen LogP contribution in [0.4, 0.5) is 0 Å². The Morgan fingerprint density at radius 3 is 2.83 bits per heavy atom. The Kier molecular flexibility index (Phi) is 5.64. The minimum atomic E-state index is -0.118. The number of hydrogen-bond acceptors (Lipinski definition) is 4. The molecule has 1 aromatic rings. The lowest BCUT2D eigenvalue weighted by atomic mass is 10.1. The molecule has 5 nitrogen and oxygen atoms in total. The van der Waals surface area contributed by atoms with Gasteiger partial charge in [-0.25, -0.2) is 0 Å². The van der Waals surface area contributed by atoms with Gasteiger partial charge in [-0.2, -0.15) is 10.2 Å².